The van der Waals surface area contributed by atoms with E-state index in [1.807, 2.05) is 0 Å². The van der Waals surface area contributed by atoms with Gasteiger partial charge in [0.25, 0.3) is 0 Å². The van der Waals surface area contributed by atoms with Gasteiger partial charge in [0.05, 0.1) is 0 Å². The Labute approximate surface area is 104 Å². The van der Waals surface area contributed by atoms with Crippen LogP contribution in [0, 0.1) is 13.8 Å². The minimum atomic E-state index is -0.833. The summed E-state index contributed by atoms with van der Waals surface area (Å²) in [5.74, 6) is 0. The predicted molar refractivity (Wildman–Crippen MR) is 54.3 cm³/mol. The summed E-state index contributed by atoms with van der Waals surface area (Å²) in [4.78, 5) is 6.99. The van der Waals surface area contributed by atoms with E-state index in [2.05, 4.69) is 38.1 Å². The topological polar surface area (TPSA) is 37.3 Å². The van der Waals surface area contributed by atoms with Crippen LogP contribution in [0.1, 0.15) is 11.1 Å². The summed E-state index contributed by atoms with van der Waals surface area (Å²) >= 11 is 0. The zero-order valence-electron chi connectivity index (χ0n) is 6.61. The molecule has 2 nitrogen and oxygen atoms in total. The van der Waals surface area contributed by atoms with Crippen LogP contribution >= 0.6 is 8.69 Å². The van der Waals surface area contributed by atoms with Gasteiger partial charge in [0.2, 0.25) is 0 Å². The molecule has 0 saturated heterocycles. The van der Waals surface area contributed by atoms with Crippen LogP contribution in [0.4, 0.5) is 0 Å². The van der Waals surface area contributed by atoms with Crippen LogP contribution < -0.4 is 0 Å². The number of hydrogen-bond acceptors (Lipinski definition) is 1. The van der Waals surface area contributed by atoms with Gasteiger partial charge in [-0.05, 0) is 13.8 Å². The van der Waals surface area contributed by atoms with Crippen molar-refractivity contribution in [2.75, 3.05) is 0 Å². The van der Waals surface area contributed by atoms with Gasteiger partial charge < -0.3 is 4.89 Å². The molecule has 1 aromatic rings. The molecule has 0 spiro atoms. The molecule has 0 amide bonds. The molecule has 0 aliphatic carbocycles. The Hall–Kier alpha value is 0.540. The molecule has 0 saturated carbocycles. The molecule has 64 valence electrons. The van der Waals surface area contributed by atoms with Crippen molar-refractivity contribution in [1.82, 2.24) is 0 Å². The van der Waals surface area contributed by atoms with Crippen LogP contribution in [-0.2, 0) is 4.57 Å². The van der Waals surface area contributed by atoms with Gasteiger partial charge in [0.15, 0.2) is 0 Å². The van der Waals surface area contributed by atoms with Gasteiger partial charge in [-0.25, -0.2) is 4.57 Å². The summed E-state index contributed by atoms with van der Waals surface area (Å²) in [6, 6.07) is 8.48. The second-order valence-corrected chi connectivity index (χ2v) is 2.40. The second-order valence-electron chi connectivity index (χ2n) is 2.24. The zero-order valence-corrected chi connectivity index (χ0v) is 7.51. The summed E-state index contributed by atoms with van der Waals surface area (Å²) in [6.07, 6.45) is 0. The standard InChI is InChI=1S/C8H10.Ca.HO2P.2H/c1-7-3-5-8(2)6-4-7;;1-3-2;;/h3-6H,1-2H3;;(H,1,2);;. The van der Waals surface area contributed by atoms with E-state index in [-0.39, 0.29) is 37.7 Å². The van der Waals surface area contributed by atoms with Gasteiger partial charge in [-0.15, -0.1) is 0 Å². The van der Waals surface area contributed by atoms with Crippen molar-refractivity contribution in [3.8, 4) is 0 Å². The molecule has 1 aromatic carbocycles. The van der Waals surface area contributed by atoms with E-state index < -0.39 is 8.69 Å². The molecular weight excluding hydrogens is 199 g/mol. The van der Waals surface area contributed by atoms with Gasteiger partial charge in [0.1, 0.15) is 0 Å². The molecular formula is C8H13CaO2P. The predicted octanol–water partition coefficient (Wildman–Crippen LogP) is 1.57. The average molecular weight is 212 g/mol. The van der Waals surface area contributed by atoms with E-state index in [1.165, 1.54) is 11.1 Å². The van der Waals surface area contributed by atoms with Crippen molar-refractivity contribution in [2.24, 2.45) is 0 Å². The molecule has 0 bridgehead atoms. The summed E-state index contributed by atoms with van der Waals surface area (Å²) in [7, 11) is -0.833. The van der Waals surface area contributed by atoms with Crippen LogP contribution in [-0.4, -0.2) is 42.6 Å². The Kier molecular flexibility index (Phi) is 12.1. The van der Waals surface area contributed by atoms with E-state index in [1.54, 1.807) is 0 Å². The quantitative estimate of drug-likeness (QED) is 0.523. The van der Waals surface area contributed by atoms with Gasteiger partial charge in [-0.1, -0.05) is 35.4 Å². The molecule has 1 N–H and O–H groups in total. The molecule has 0 aliphatic heterocycles. The zero-order chi connectivity index (χ0) is 8.69. The van der Waals surface area contributed by atoms with Gasteiger partial charge in [0, 0.05) is 0 Å². The Morgan fingerprint density at radius 1 is 1.08 bits per heavy atom. The third-order valence-corrected chi connectivity index (χ3v) is 1.22. The van der Waals surface area contributed by atoms with E-state index in [0.717, 1.165) is 0 Å². The molecule has 12 heavy (non-hydrogen) atoms. The van der Waals surface area contributed by atoms with Gasteiger partial charge in [-0.3, -0.25) is 0 Å². The maximum absolute atomic E-state index is 8.46. The first kappa shape index (κ1) is 15.0. The van der Waals surface area contributed by atoms with E-state index in [4.69, 9.17) is 9.46 Å². The van der Waals surface area contributed by atoms with Crippen molar-refractivity contribution < 1.29 is 9.46 Å². The number of benzene rings is 1. The number of aryl methyl sites for hydroxylation is 2. The molecule has 0 radical (unpaired) electrons. The molecule has 0 fully saturated rings. The Bertz CT molecular complexity index is 190. The Balaban J connectivity index is 0. The van der Waals surface area contributed by atoms with Crippen molar-refractivity contribution in [2.45, 2.75) is 13.8 Å². The average Bonchev–Trinajstić information content (AvgIpc) is 1.97. The van der Waals surface area contributed by atoms with Crippen molar-refractivity contribution in [3.05, 3.63) is 35.4 Å². The number of hydrogen-bond donors (Lipinski definition) is 1. The molecule has 0 aliphatic rings. The number of rotatable bonds is 0. The molecule has 0 aromatic heterocycles. The van der Waals surface area contributed by atoms with Crippen LogP contribution in [0.3, 0.4) is 0 Å². The van der Waals surface area contributed by atoms with Crippen molar-refractivity contribution >= 4 is 46.4 Å². The second kappa shape index (κ2) is 9.63. The molecule has 0 unspecified atom stereocenters. The van der Waals surface area contributed by atoms with Crippen molar-refractivity contribution in [1.29, 1.82) is 0 Å². The van der Waals surface area contributed by atoms with Crippen molar-refractivity contribution in [3.63, 3.8) is 0 Å². The van der Waals surface area contributed by atoms with Crippen LogP contribution in [0.15, 0.2) is 24.3 Å². The van der Waals surface area contributed by atoms with Crippen LogP contribution in [0.25, 0.3) is 0 Å². The van der Waals surface area contributed by atoms with Crippen LogP contribution in [0.2, 0.25) is 0 Å². The third-order valence-electron chi connectivity index (χ3n) is 1.22. The summed E-state index contributed by atoms with van der Waals surface area (Å²) in [6.45, 7) is 4.19. The molecule has 4 heteroatoms. The van der Waals surface area contributed by atoms with E-state index in [9.17, 15) is 0 Å². The Morgan fingerprint density at radius 3 is 1.42 bits per heavy atom. The fourth-order valence-corrected chi connectivity index (χ4v) is 0.637. The Morgan fingerprint density at radius 2 is 1.25 bits per heavy atom. The summed E-state index contributed by atoms with van der Waals surface area (Å²) < 4.78 is 8.46. The fraction of sp³-hybridized carbons (Fsp3) is 0.250. The third kappa shape index (κ3) is 8.63. The maximum atomic E-state index is 8.46. The first-order valence-electron chi connectivity index (χ1n) is 3.20. The minimum absolute atomic E-state index is 0. The van der Waals surface area contributed by atoms with Gasteiger partial charge in [-0.2, -0.15) is 0 Å². The van der Waals surface area contributed by atoms with Crippen LogP contribution in [0.5, 0.6) is 0 Å². The molecule has 1 rings (SSSR count). The first-order valence-corrected chi connectivity index (χ1v) is 3.97. The molecule has 0 atom stereocenters. The van der Waals surface area contributed by atoms with Gasteiger partial charge >= 0.3 is 46.4 Å². The SMILES string of the molecule is Cc1ccc(C)cc1.O=PO.[CaH2]. The fourth-order valence-electron chi connectivity index (χ4n) is 0.637. The normalized spacial score (nSPS) is 7.92. The monoisotopic (exact) mass is 212 g/mol. The molecule has 0 heterocycles. The van der Waals surface area contributed by atoms with E-state index >= 15 is 0 Å². The van der Waals surface area contributed by atoms with E-state index in [0.29, 0.717) is 0 Å². The summed E-state index contributed by atoms with van der Waals surface area (Å²) in [5, 5.41) is 0. The summed E-state index contributed by atoms with van der Waals surface area (Å²) in [5.41, 5.74) is 2.66. The first-order chi connectivity index (χ1) is 5.20.